The van der Waals surface area contributed by atoms with E-state index in [1.165, 1.54) is 0 Å². The van der Waals surface area contributed by atoms with E-state index in [9.17, 15) is 9.59 Å². The van der Waals surface area contributed by atoms with Crippen molar-refractivity contribution >= 4 is 23.4 Å². The summed E-state index contributed by atoms with van der Waals surface area (Å²) in [5.41, 5.74) is 2.21. The number of carbonyl (C=O) groups excluding carboxylic acids is 2. The summed E-state index contributed by atoms with van der Waals surface area (Å²) < 4.78 is 6.12. The number of pyridine rings is 1. The van der Waals surface area contributed by atoms with E-state index in [0.717, 1.165) is 17.8 Å². The molecule has 1 unspecified atom stereocenters. The van der Waals surface area contributed by atoms with Gasteiger partial charge in [0.1, 0.15) is 6.10 Å². The summed E-state index contributed by atoms with van der Waals surface area (Å²) in [6.45, 7) is 1.62. The highest BCUT2D eigenvalue weighted by Crippen LogP contribution is 2.30. The van der Waals surface area contributed by atoms with Crippen molar-refractivity contribution in [2.24, 2.45) is 0 Å². The zero-order valence-electron chi connectivity index (χ0n) is 16.9. The summed E-state index contributed by atoms with van der Waals surface area (Å²) in [7, 11) is 5.60. The number of nitrogens with zero attached hydrogens (tertiary/aromatic N) is 4. The van der Waals surface area contributed by atoms with Crippen LogP contribution in [0.1, 0.15) is 22.3 Å². The minimum absolute atomic E-state index is 0.0149. The molecule has 1 aromatic carbocycles. The van der Waals surface area contributed by atoms with Gasteiger partial charge in [-0.3, -0.25) is 4.79 Å². The molecule has 8 nitrogen and oxygen atoms in total. The number of hydrogen-bond acceptors (Lipinski definition) is 5. The zero-order chi connectivity index (χ0) is 20.5. The fourth-order valence-electron chi connectivity index (χ4n) is 3.78. The van der Waals surface area contributed by atoms with E-state index >= 15 is 0 Å². The fraction of sp³-hybridized carbons (Fsp3) is 0.381. The molecule has 4 rings (SSSR count). The lowest BCUT2D eigenvalue weighted by Gasteiger charge is -2.21. The second-order valence-electron chi connectivity index (χ2n) is 7.62. The van der Waals surface area contributed by atoms with Gasteiger partial charge in [-0.25, -0.2) is 9.78 Å². The van der Waals surface area contributed by atoms with E-state index in [2.05, 4.69) is 10.3 Å². The predicted octanol–water partition coefficient (Wildman–Crippen LogP) is 2.42. The van der Waals surface area contributed by atoms with Gasteiger partial charge in [0.2, 0.25) is 0 Å². The number of nitrogens with one attached hydrogen (secondary N) is 1. The van der Waals surface area contributed by atoms with Gasteiger partial charge in [-0.1, -0.05) is 6.07 Å². The number of aromatic nitrogens is 1. The van der Waals surface area contributed by atoms with Gasteiger partial charge in [-0.2, -0.15) is 0 Å². The van der Waals surface area contributed by atoms with Crippen molar-refractivity contribution in [1.29, 1.82) is 0 Å². The average molecular weight is 395 g/mol. The van der Waals surface area contributed by atoms with Gasteiger partial charge in [-0.15, -0.1) is 0 Å². The minimum Gasteiger partial charge on any atom is -0.485 e. The molecule has 1 N–H and O–H groups in total. The molecule has 2 aromatic rings. The van der Waals surface area contributed by atoms with E-state index < -0.39 is 0 Å². The van der Waals surface area contributed by atoms with Crippen LogP contribution in [0, 0.1) is 0 Å². The Balaban J connectivity index is 1.41. The zero-order valence-corrected chi connectivity index (χ0v) is 16.9. The second kappa shape index (κ2) is 7.62. The third-order valence-electron chi connectivity index (χ3n) is 5.29. The number of fused-ring (bicyclic) bond motifs is 1. The quantitative estimate of drug-likeness (QED) is 0.860. The van der Waals surface area contributed by atoms with Gasteiger partial charge in [0.25, 0.3) is 5.91 Å². The van der Waals surface area contributed by atoms with Crippen molar-refractivity contribution in [2.75, 3.05) is 44.4 Å². The van der Waals surface area contributed by atoms with Crippen LogP contribution in [0.5, 0.6) is 5.75 Å². The standard InChI is InChI=1S/C21H25N5O3/c1-24(2)19-18(8-5-10-22-19)29-14-9-11-26(12-14)21(28)23-17-7-4-6-15-16(17)13-25(3)20(15)27/h4-8,10,14H,9,11-13H2,1-3H3,(H,23,28). The van der Waals surface area contributed by atoms with Crippen LogP contribution >= 0.6 is 0 Å². The Bertz CT molecular complexity index is 946. The van der Waals surface area contributed by atoms with E-state index in [0.29, 0.717) is 36.6 Å². The van der Waals surface area contributed by atoms with Crippen LogP contribution < -0.4 is 15.0 Å². The van der Waals surface area contributed by atoms with E-state index in [4.69, 9.17) is 4.74 Å². The Morgan fingerprint density at radius 1 is 1.28 bits per heavy atom. The molecule has 1 fully saturated rings. The second-order valence-corrected chi connectivity index (χ2v) is 7.62. The number of ether oxygens (including phenoxy) is 1. The minimum atomic E-state index is -0.175. The van der Waals surface area contributed by atoms with Gasteiger partial charge in [0, 0.05) is 63.7 Å². The Hall–Kier alpha value is -3.29. The summed E-state index contributed by atoms with van der Waals surface area (Å²) in [6.07, 6.45) is 2.40. The number of rotatable bonds is 4. The molecule has 3 heterocycles. The fourth-order valence-corrected chi connectivity index (χ4v) is 3.78. The third-order valence-corrected chi connectivity index (χ3v) is 5.29. The molecule has 0 bridgehead atoms. The molecule has 1 aromatic heterocycles. The molecule has 0 radical (unpaired) electrons. The van der Waals surface area contributed by atoms with Gasteiger partial charge < -0.3 is 24.8 Å². The lowest BCUT2D eigenvalue weighted by Crippen LogP contribution is -2.34. The monoisotopic (exact) mass is 395 g/mol. The van der Waals surface area contributed by atoms with Crippen LogP contribution in [0.3, 0.4) is 0 Å². The normalized spacial score (nSPS) is 18.0. The first kappa shape index (κ1) is 19.0. The third kappa shape index (κ3) is 3.70. The summed E-state index contributed by atoms with van der Waals surface area (Å²) in [5.74, 6) is 1.47. The lowest BCUT2D eigenvalue weighted by atomic mass is 10.1. The molecule has 3 amide bonds. The van der Waals surface area contributed by atoms with Gasteiger partial charge in [-0.05, 0) is 24.3 Å². The maximum atomic E-state index is 12.8. The van der Waals surface area contributed by atoms with Gasteiger partial charge in [0.05, 0.1) is 6.54 Å². The van der Waals surface area contributed by atoms with Crippen LogP contribution in [-0.4, -0.2) is 67.1 Å². The highest BCUT2D eigenvalue weighted by Gasteiger charge is 2.31. The number of likely N-dealkylation sites (tertiary alicyclic amines) is 1. The van der Waals surface area contributed by atoms with E-state index in [-0.39, 0.29) is 18.0 Å². The number of carbonyl (C=O) groups is 2. The van der Waals surface area contributed by atoms with Crippen LogP contribution in [0.4, 0.5) is 16.3 Å². The van der Waals surface area contributed by atoms with Crippen LogP contribution in [0.25, 0.3) is 0 Å². The maximum absolute atomic E-state index is 12.8. The van der Waals surface area contributed by atoms with Crippen molar-refractivity contribution in [3.8, 4) is 5.75 Å². The topological polar surface area (TPSA) is 78.0 Å². The summed E-state index contributed by atoms with van der Waals surface area (Å²) in [5, 5.41) is 2.97. The van der Waals surface area contributed by atoms with Crippen molar-refractivity contribution in [3.05, 3.63) is 47.7 Å². The smallest absolute Gasteiger partial charge is 0.321 e. The predicted molar refractivity (Wildman–Crippen MR) is 110 cm³/mol. The summed E-state index contributed by atoms with van der Waals surface area (Å²) >= 11 is 0. The van der Waals surface area contributed by atoms with Crippen LogP contribution in [0.15, 0.2) is 36.5 Å². The lowest BCUT2D eigenvalue weighted by molar-refractivity contribution is 0.0816. The van der Waals surface area contributed by atoms with Crippen molar-refractivity contribution in [1.82, 2.24) is 14.8 Å². The first-order valence-corrected chi connectivity index (χ1v) is 9.66. The molecule has 1 atom stereocenters. The molecular weight excluding hydrogens is 370 g/mol. The first-order chi connectivity index (χ1) is 13.9. The Morgan fingerprint density at radius 3 is 2.90 bits per heavy atom. The average Bonchev–Trinajstić information content (AvgIpc) is 3.28. The number of amides is 3. The number of hydrogen-bond donors (Lipinski definition) is 1. The molecule has 0 spiro atoms. The molecule has 0 saturated carbocycles. The van der Waals surface area contributed by atoms with E-state index in [1.807, 2.05) is 37.2 Å². The number of urea groups is 1. The Labute approximate surface area is 170 Å². The molecule has 1 saturated heterocycles. The highest BCUT2D eigenvalue weighted by atomic mass is 16.5. The van der Waals surface area contributed by atoms with Crippen LogP contribution in [0.2, 0.25) is 0 Å². The molecule has 29 heavy (non-hydrogen) atoms. The first-order valence-electron chi connectivity index (χ1n) is 9.66. The van der Waals surface area contributed by atoms with Crippen molar-refractivity contribution in [2.45, 2.75) is 19.1 Å². The van der Waals surface area contributed by atoms with Crippen LogP contribution in [-0.2, 0) is 6.54 Å². The molecule has 2 aliphatic heterocycles. The SMILES string of the molecule is CN1Cc2c(NC(=O)N3CCC(Oc4cccnc4N(C)C)C3)cccc2C1=O. The highest BCUT2D eigenvalue weighted by molar-refractivity contribution is 6.01. The molecule has 8 heteroatoms. The van der Waals surface area contributed by atoms with Gasteiger partial charge >= 0.3 is 6.03 Å². The number of anilines is 2. The maximum Gasteiger partial charge on any atom is 0.321 e. The molecular formula is C21H25N5O3. The van der Waals surface area contributed by atoms with Crippen molar-refractivity contribution in [3.63, 3.8) is 0 Å². The van der Waals surface area contributed by atoms with Crippen molar-refractivity contribution < 1.29 is 14.3 Å². The Kier molecular flexibility index (Phi) is 5.00. The van der Waals surface area contributed by atoms with Gasteiger partial charge in [0.15, 0.2) is 11.6 Å². The summed E-state index contributed by atoms with van der Waals surface area (Å²) in [4.78, 5) is 34.6. The Morgan fingerprint density at radius 2 is 2.10 bits per heavy atom. The molecule has 0 aliphatic carbocycles. The molecule has 2 aliphatic rings. The number of benzene rings is 1. The summed E-state index contributed by atoms with van der Waals surface area (Å²) in [6, 6.07) is 9.00. The van der Waals surface area contributed by atoms with E-state index in [1.54, 1.807) is 35.2 Å². The largest absolute Gasteiger partial charge is 0.485 e. The molecule has 152 valence electrons.